The number of ketones is 2. The standard InChI is InChI=1S/C59H73NO11Si.C44H54O8Si.CH4/c1-36-42(68-51(63)37(2)46(38-25-17-13-18-26-38)60-53(65)70-54(3,4)5)34-59(66)50(69-52(64)39-27-19-14-20-28-39)48-57(11)35-67-43(57)33-44(58(48,12)49(62)47(61)45(36)56(59,9)10)71-72(55(6,7)8,40-29-21-15-22-30-40)41-31-23-16-24-32-41;1-27-31(45)25-44(49)38(51-39(48)28-18-12-9-13-19-28)36-42(7)26-50-32(42)24-33(43(36,8)37(47)35(46)34(27)41(44,5)6)52-53(40(2,3)4,29-20-14-10-15-21-29)30-22-16-11-17-23-30;/h13-32,37,42-44,46,48-50,62,66H,33-35H2,1-12H3,(H,60,65);9-23,31-33,36-38,45,47,49H,24-26H2,1-8H3;1H4/t37-,42+,43-,44+,46-,48-,49+,50+,57-,58-,59-;31-,32+,33-,36+,37-,38-,42+,43+,44+;/m10./s1. The number of ether oxygens (including phenoxy) is 6. The first-order chi connectivity index (χ1) is 58.6. The predicted molar refractivity (Wildman–Crippen MR) is 489 cm³/mol. The Hall–Kier alpha value is -8.89. The minimum atomic E-state index is -3.44. The van der Waals surface area contributed by atoms with E-state index in [4.69, 9.17) is 37.3 Å². The molecule has 6 N–H and O–H groups in total. The summed E-state index contributed by atoms with van der Waals surface area (Å²) < 4.78 is 54.3. The molecule has 20 nitrogen and oxygen atoms in total. The molecule has 7 aromatic carbocycles. The van der Waals surface area contributed by atoms with Crippen LogP contribution in [0, 0.1) is 50.2 Å². The lowest BCUT2D eigenvalue weighted by molar-refractivity contribution is -0.326. The highest BCUT2D eigenvalue weighted by Gasteiger charge is 2.79. The Bertz CT molecular complexity index is 5150. The van der Waals surface area contributed by atoms with Crippen LogP contribution in [0.1, 0.15) is 204 Å². The number of hydrogen-bond acceptors (Lipinski definition) is 19. The summed E-state index contributed by atoms with van der Waals surface area (Å²) in [6.45, 7) is 38.5. The number of rotatable bonds is 17. The van der Waals surface area contributed by atoms with E-state index in [1.807, 2.05) is 113 Å². The summed E-state index contributed by atoms with van der Waals surface area (Å²) in [4.78, 5) is 88.1. The van der Waals surface area contributed by atoms with E-state index in [9.17, 15) is 44.7 Å². The molecule has 2 heterocycles. The highest BCUT2D eigenvalue weighted by Crippen LogP contribution is 2.70. The maximum atomic E-state index is 15.9. The molecule has 1 amide bonds. The smallest absolute Gasteiger partial charge is 0.408 e. The van der Waals surface area contributed by atoms with Crippen LogP contribution >= 0.6 is 0 Å². The lowest BCUT2D eigenvalue weighted by Gasteiger charge is -2.69. The maximum Gasteiger partial charge on any atom is 0.408 e. The summed E-state index contributed by atoms with van der Waals surface area (Å²) in [6.07, 6.45) is -11.6. The molecule has 0 radical (unpaired) electrons. The third-order valence-electron chi connectivity index (χ3n) is 30.5. The van der Waals surface area contributed by atoms with Gasteiger partial charge in [0.25, 0.3) is 16.6 Å². The van der Waals surface area contributed by atoms with Crippen molar-refractivity contribution >= 4 is 72.9 Å². The van der Waals surface area contributed by atoms with Gasteiger partial charge in [0.2, 0.25) is 0 Å². The van der Waals surface area contributed by atoms with Crippen molar-refractivity contribution < 1.29 is 91.6 Å². The molecule has 0 unspecified atom stereocenters. The summed E-state index contributed by atoms with van der Waals surface area (Å²) in [6, 6.07) is 66.0. The first-order valence-corrected chi connectivity index (χ1v) is 48.0. The third kappa shape index (κ3) is 15.4. The van der Waals surface area contributed by atoms with Crippen LogP contribution in [0.4, 0.5) is 4.79 Å². The average molecular weight is 1760 g/mol. The van der Waals surface area contributed by atoms with E-state index < -0.39 is 190 Å². The van der Waals surface area contributed by atoms with Gasteiger partial charge in [-0.2, -0.15) is 0 Å². The van der Waals surface area contributed by atoms with Gasteiger partial charge in [-0.15, -0.1) is 0 Å². The normalized spacial score (nSPS) is 31.9. The van der Waals surface area contributed by atoms with Gasteiger partial charge >= 0.3 is 24.0 Å². The number of nitrogens with one attached hydrogen (secondary N) is 1. The second-order valence-electron chi connectivity index (χ2n) is 41.6. The number of fused-ring (bicyclic) bond motifs is 10. The van der Waals surface area contributed by atoms with Gasteiger partial charge in [-0.3, -0.25) is 14.4 Å². The average Bonchev–Trinajstić information content (AvgIpc) is 0.671. The molecule has 2 aliphatic heterocycles. The van der Waals surface area contributed by atoms with Crippen LogP contribution in [0.5, 0.6) is 0 Å². The second kappa shape index (κ2) is 34.2. The summed E-state index contributed by atoms with van der Waals surface area (Å²) >= 11 is 0. The maximum absolute atomic E-state index is 15.9. The molecule has 7 aromatic rings. The van der Waals surface area contributed by atoms with Crippen molar-refractivity contribution in [3.63, 3.8) is 0 Å². The molecule has 6 fully saturated rings. The Balaban J connectivity index is 0.000000224. The van der Waals surface area contributed by atoms with Gasteiger partial charge in [-0.25, -0.2) is 14.4 Å². The van der Waals surface area contributed by atoms with Crippen LogP contribution in [-0.2, 0) is 51.7 Å². The number of aliphatic hydroxyl groups is 5. The lowest BCUT2D eigenvalue weighted by Crippen LogP contribution is -2.79. The molecule has 674 valence electrons. The second-order valence-corrected chi connectivity index (χ2v) is 50.1. The van der Waals surface area contributed by atoms with Gasteiger partial charge in [-0.1, -0.05) is 292 Å². The molecule has 0 aromatic heterocycles. The molecule has 6 aliphatic carbocycles. The number of benzene rings is 7. The summed E-state index contributed by atoms with van der Waals surface area (Å²) in [5.41, 5.74) is -10.1. The number of carbonyl (C=O) groups excluding carboxylic acids is 6. The summed E-state index contributed by atoms with van der Waals surface area (Å²) in [5, 5.41) is 71.4. The Morgan fingerprint density at radius 2 is 0.794 bits per heavy atom. The summed E-state index contributed by atoms with van der Waals surface area (Å²) in [7, 11) is -6.74. The Morgan fingerprint density at radius 1 is 0.468 bits per heavy atom. The lowest BCUT2D eigenvalue weighted by atomic mass is 9.42. The van der Waals surface area contributed by atoms with E-state index >= 15 is 9.59 Å². The largest absolute Gasteiger partial charge is 0.457 e. The van der Waals surface area contributed by atoms with Crippen molar-refractivity contribution in [3.8, 4) is 0 Å². The van der Waals surface area contributed by atoms with Gasteiger partial charge in [0.05, 0.1) is 66.8 Å². The number of alkyl carbamates (subject to hydrolysis) is 1. The number of aliphatic hydroxyl groups excluding tert-OH is 3. The van der Waals surface area contributed by atoms with E-state index in [0.29, 0.717) is 35.1 Å². The quantitative estimate of drug-likeness (QED) is 0.0280. The van der Waals surface area contributed by atoms with Gasteiger partial charge in [0.1, 0.15) is 47.3 Å². The van der Waals surface area contributed by atoms with Crippen molar-refractivity contribution in [2.24, 2.45) is 50.2 Å². The van der Waals surface area contributed by atoms with Crippen LogP contribution in [0.15, 0.2) is 235 Å². The molecule has 0 spiro atoms. The fraction of sp³-hybridized carbons (Fsp3) is 0.500. The van der Waals surface area contributed by atoms with Gasteiger partial charge < -0.3 is 68.1 Å². The molecule has 20 atom stereocenters. The molecule has 4 saturated carbocycles. The van der Waals surface area contributed by atoms with Crippen LogP contribution in [0.2, 0.25) is 10.1 Å². The van der Waals surface area contributed by atoms with Crippen molar-refractivity contribution in [2.45, 2.75) is 266 Å². The van der Waals surface area contributed by atoms with Crippen molar-refractivity contribution in [3.05, 3.63) is 251 Å². The van der Waals surface area contributed by atoms with Crippen LogP contribution < -0.4 is 26.1 Å². The molecule has 126 heavy (non-hydrogen) atoms. The SMILES string of the molecule is C.CC1=C2C(=O)[C@H](O)[C@]3(C)[C@@H](O[Si](c4ccccc4)(c4ccccc4)C(C)(C)C)C[C@H]4OC[C@@]4(C)[C@H]3[C@H](OC(=O)c3ccccc3)[C@](O)(C[C@@H]1O)C2(C)C.CC1=C2C(=O)[C@H](O)[C@]3(C)[C@@H](O[Si](c4ccccc4)(c4ccccc4)C(C)(C)C)C[C@H]4OC[C@@]4(C)[C@H]3[C@H](OC(=O)c3ccccc3)[C@](O)(C[C@@H]1OC(=O)[C@H](C)[C@@H](NC(=O)OC(C)(C)C)c1ccccc1)C2(C)C. The van der Waals surface area contributed by atoms with Crippen molar-refractivity contribution in [1.29, 1.82) is 0 Å². The van der Waals surface area contributed by atoms with Crippen LogP contribution in [0.3, 0.4) is 0 Å². The number of Topliss-reactive ketones (excluding diaryl/α,β-unsaturated/α-hetero) is 2. The molecular formula is C104H131NO19Si2. The minimum Gasteiger partial charge on any atom is -0.457 e. The van der Waals surface area contributed by atoms with E-state index in [1.54, 1.807) is 148 Å². The monoisotopic (exact) mass is 1750 g/mol. The number of hydrogen-bond donors (Lipinski definition) is 6. The Kier molecular flexibility index (Phi) is 25.7. The summed E-state index contributed by atoms with van der Waals surface area (Å²) in [5.74, 6) is -6.09. The van der Waals surface area contributed by atoms with Gasteiger partial charge in [0.15, 0.2) is 11.6 Å². The fourth-order valence-electron chi connectivity index (χ4n) is 23.5. The van der Waals surface area contributed by atoms with E-state index in [2.05, 4.69) is 95.4 Å². The Morgan fingerprint density at radius 3 is 1.12 bits per heavy atom. The minimum absolute atomic E-state index is 0. The van der Waals surface area contributed by atoms with Crippen molar-refractivity contribution in [1.82, 2.24) is 5.32 Å². The molecule has 8 aliphatic rings. The highest BCUT2D eigenvalue weighted by atomic mass is 28.4. The third-order valence-corrected chi connectivity index (χ3v) is 40.6. The topological polar surface area (TPSA) is 289 Å². The molecule has 22 heteroatoms. The fourth-order valence-corrected chi connectivity index (χ4v) is 33.1. The first-order valence-electron chi connectivity index (χ1n) is 44.2. The molecule has 2 saturated heterocycles. The number of esters is 3. The number of amides is 1. The zero-order valence-corrected chi connectivity index (χ0v) is 78.0. The van der Waals surface area contributed by atoms with Crippen LogP contribution in [-0.4, -0.2) is 169 Å². The molecular weight excluding hydrogens is 1620 g/mol. The van der Waals surface area contributed by atoms with E-state index in [0.717, 1.165) is 20.7 Å². The van der Waals surface area contributed by atoms with Gasteiger partial charge in [-0.05, 0) is 126 Å². The van der Waals surface area contributed by atoms with E-state index in [1.165, 1.54) is 0 Å². The predicted octanol–water partition coefficient (Wildman–Crippen LogP) is 14.8. The molecule has 15 rings (SSSR count). The van der Waals surface area contributed by atoms with Crippen molar-refractivity contribution in [2.75, 3.05) is 13.2 Å². The number of carbonyl (C=O) groups is 6. The Labute approximate surface area is 745 Å². The first kappa shape index (κ1) is 94.7. The zero-order valence-electron chi connectivity index (χ0n) is 76.0. The zero-order chi connectivity index (χ0) is 90.8. The van der Waals surface area contributed by atoms with E-state index in [-0.39, 0.29) is 56.3 Å². The molecule has 4 bridgehead atoms. The van der Waals surface area contributed by atoms with Crippen LogP contribution in [0.25, 0.3) is 0 Å². The van der Waals surface area contributed by atoms with Gasteiger partial charge in [0, 0.05) is 68.3 Å². The highest BCUT2D eigenvalue weighted by molar-refractivity contribution is 7.00.